The quantitative estimate of drug-likeness (QED) is 0.571. The number of morpholine rings is 1. The van der Waals surface area contributed by atoms with Gasteiger partial charge in [0.05, 0.1) is 6.61 Å². The molecule has 1 rings (SSSR count). The number of likely N-dealkylation sites (N-methyl/N-ethyl adjacent to an activating group) is 1. The minimum Gasteiger partial charge on any atom is -0.543 e. The molecule has 0 saturated carbocycles. The van der Waals surface area contributed by atoms with Crippen LogP contribution < -0.4 is 0 Å². The molecular formula is C5H8NO2W-. The summed E-state index contributed by atoms with van der Waals surface area (Å²) < 4.78 is 4.74. The van der Waals surface area contributed by atoms with Gasteiger partial charge in [0.25, 0.3) is 0 Å². The Morgan fingerprint density at radius 2 is 2.44 bits per heavy atom. The van der Waals surface area contributed by atoms with Gasteiger partial charge in [-0.3, -0.25) is 4.79 Å². The Morgan fingerprint density at radius 3 is 2.78 bits per heavy atom. The molecule has 9 heavy (non-hydrogen) atoms. The minimum atomic E-state index is 0. The van der Waals surface area contributed by atoms with Crippen molar-refractivity contribution < 1.29 is 30.6 Å². The molecule has 0 bridgehead atoms. The molecule has 1 aliphatic rings. The van der Waals surface area contributed by atoms with Crippen molar-refractivity contribution in [3.63, 3.8) is 0 Å². The SMILES string of the molecule is CN1C[CH-]OCC1=O.[W]. The average Bonchev–Trinajstić information content (AvgIpc) is 1.77. The van der Waals surface area contributed by atoms with Crippen LogP contribution in [0, 0.1) is 6.61 Å². The van der Waals surface area contributed by atoms with Gasteiger partial charge in [0, 0.05) is 28.1 Å². The number of ether oxygens (including phenoxy) is 1. The summed E-state index contributed by atoms with van der Waals surface area (Å²) in [6.45, 7) is 2.44. The van der Waals surface area contributed by atoms with Gasteiger partial charge in [0.15, 0.2) is 0 Å². The van der Waals surface area contributed by atoms with Gasteiger partial charge in [-0.15, -0.1) is 0 Å². The van der Waals surface area contributed by atoms with Crippen molar-refractivity contribution in [3.05, 3.63) is 6.61 Å². The van der Waals surface area contributed by atoms with Crippen LogP contribution >= 0.6 is 0 Å². The Labute approximate surface area is 68.6 Å². The maximum absolute atomic E-state index is 10.6. The number of nitrogens with zero attached hydrogens (tertiary/aromatic N) is 1. The number of carbonyl (C=O) groups is 1. The third kappa shape index (κ3) is 2.46. The summed E-state index contributed by atoms with van der Waals surface area (Å²) in [7, 11) is 1.75. The van der Waals surface area contributed by atoms with Gasteiger partial charge in [0.2, 0.25) is 5.91 Å². The molecule has 0 spiro atoms. The smallest absolute Gasteiger partial charge is 0.242 e. The zero-order chi connectivity index (χ0) is 5.98. The van der Waals surface area contributed by atoms with Gasteiger partial charge in [-0.25, -0.2) is 0 Å². The van der Waals surface area contributed by atoms with Gasteiger partial charge in [-0.05, 0) is 0 Å². The van der Waals surface area contributed by atoms with E-state index in [0.717, 1.165) is 0 Å². The standard InChI is InChI=1S/C5H8NO2.W/c1-6-2-3-8-4-5(6)7;/h3H,2,4H2,1H3;/q-1;. The zero-order valence-corrected chi connectivity index (χ0v) is 8.10. The van der Waals surface area contributed by atoms with E-state index < -0.39 is 0 Å². The summed E-state index contributed by atoms with van der Waals surface area (Å²) in [5, 5.41) is 0. The van der Waals surface area contributed by atoms with E-state index in [0.29, 0.717) is 6.54 Å². The number of carbonyl (C=O) groups excluding carboxylic acids is 1. The molecule has 0 aliphatic carbocycles. The summed E-state index contributed by atoms with van der Waals surface area (Å²) >= 11 is 0. The fraction of sp³-hybridized carbons (Fsp3) is 0.600. The van der Waals surface area contributed by atoms with Crippen LogP contribution in [0.15, 0.2) is 0 Å². The van der Waals surface area contributed by atoms with Gasteiger partial charge in [0.1, 0.15) is 0 Å². The predicted molar refractivity (Wildman–Crippen MR) is 27.9 cm³/mol. The van der Waals surface area contributed by atoms with E-state index in [1.807, 2.05) is 0 Å². The first-order valence-corrected chi connectivity index (χ1v) is 2.48. The second kappa shape index (κ2) is 4.02. The molecule has 3 nitrogen and oxygen atoms in total. The van der Waals surface area contributed by atoms with E-state index in [4.69, 9.17) is 4.74 Å². The van der Waals surface area contributed by atoms with Crippen LogP contribution in [0.5, 0.6) is 0 Å². The van der Waals surface area contributed by atoms with Gasteiger partial charge in [-0.1, -0.05) is 6.54 Å². The van der Waals surface area contributed by atoms with Crippen LogP contribution in [0.2, 0.25) is 0 Å². The fourth-order valence-electron chi connectivity index (χ4n) is 0.507. The number of hydrogen-bond acceptors (Lipinski definition) is 2. The van der Waals surface area contributed by atoms with Crippen molar-refractivity contribution in [3.8, 4) is 0 Å². The molecular weight excluding hydrogens is 290 g/mol. The number of amides is 1. The van der Waals surface area contributed by atoms with E-state index in [9.17, 15) is 4.79 Å². The molecule has 52 valence electrons. The normalized spacial score (nSPS) is 19.2. The Morgan fingerprint density at radius 1 is 1.78 bits per heavy atom. The average molecular weight is 298 g/mol. The van der Waals surface area contributed by atoms with Gasteiger partial charge >= 0.3 is 0 Å². The topological polar surface area (TPSA) is 29.5 Å². The van der Waals surface area contributed by atoms with Crippen LogP contribution in [0.25, 0.3) is 0 Å². The van der Waals surface area contributed by atoms with Crippen LogP contribution in [0.4, 0.5) is 0 Å². The van der Waals surface area contributed by atoms with Crippen molar-refractivity contribution >= 4 is 5.91 Å². The molecule has 1 saturated heterocycles. The van der Waals surface area contributed by atoms with Crippen molar-refractivity contribution in [1.82, 2.24) is 4.90 Å². The maximum Gasteiger partial charge on any atom is 0.242 e. The number of hydrogen-bond donors (Lipinski definition) is 0. The second-order valence-electron chi connectivity index (χ2n) is 1.75. The Kier molecular flexibility index (Phi) is 4.07. The molecule has 0 radical (unpaired) electrons. The molecule has 0 aromatic heterocycles. The van der Waals surface area contributed by atoms with E-state index in [1.54, 1.807) is 18.6 Å². The molecule has 0 aromatic carbocycles. The zero-order valence-electron chi connectivity index (χ0n) is 5.16. The first-order valence-electron chi connectivity index (χ1n) is 2.48. The molecule has 1 heterocycles. The van der Waals surface area contributed by atoms with Gasteiger partial charge in [-0.2, -0.15) is 6.61 Å². The van der Waals surface area contributed by atoms with E-state index >= 15 is 0 Å². The third-order valence-corrected chi connectivity index (χ3v) is 1.10. The van der Waals surface area contributed by atoms with E-state index in [-0.39, 0.29) is 33.6 Å². The van der Waals surface area contributed by atoms with Crippen LogP contribution in [0.3, 0.4) is 0 Å². The molecule has 1 aliphatic heterocycles. The summed E-state index contributed by atoms with van der Waals surface area (Å²) in [4.78, 5) is 12.2. The Hall–Kier alpha value is 0.118. The first-order chi connectivity index (χ1) is 3.80. The summed E-state index contributed by atoms with van der Waals surface area (Å²) in [5.74, 6) is 0.0486. The Balaban J connectivity index is 0.000000640. The fourth-order valence-corrected chi connectivity index (χ4v) is 0.507. The van der Waals surface area contributed by atoms with Crippen LogP contribution in [-0.2, 0) is 30.6 Å². The first kappa shape index (κ1) is 9.12. The summed E-state index contributed by atoms with van der Waals surface area (Å²) in [6.07, 6.45) is 0. The predicted octanol–water partition coefficient (Wildman–Crippen LogP) is -0.366. The minimum absolute atomic E-state index is 0. The molecule has 0 N–H and O–H groups in total. The van der Waals surface area contributed by atoms with Crippen LogP contribution in [-0.4, -0.2) is 31.0 Å². The maximum atomic E-state index is 10.6. The van der Waals surface area contributed by atoms with Crippen molar-refractivity contribution in [2.24, 2.45) is 0 Å². The molecule has 0 unspecified atom stereocenters. The summed E-state index contributed by atoms with van der Waals surface area (Å²) in [5.41, 5.74) is 0. The molecule has 1 fully saturated rings. The molecule has 1 amide bonds. The van der Waals surface area contributed by atoms with E-state index in [1.165, 1.54) is 0 Å². The van der Waals surface area contributed by atoms with Gasteiger partial charge < -0.3 is 9.64 Å². The van der Waals surface area contributed by atoms with Crippen LogP contribution in [0.1, 0.15) is 0 Å². The number of rotatable bonds is 0. The molecule has 4 heteroatoms. The summed E-state index contributed by atoms with van der Waals surface area (Å²) in [6, 6.07) is 0. The third-order valence-electron chi connectivity index (χ3n) is 1.10. The largest absolute Gasteiger partial charge is 0.543 e. The molecule has 0 aromatic rings. The molecule has 0 atom stereocenters. The van der Waals surface area contributed by atoms with E-state index in [2.05, 4.69) is 0 Å². The second-order valence-corrected chi connectivity index (χ2v) is 1.75. The van der Waals surface area contributed by atoms with Crippen molar-refractivity contribution in [2.45, 2.75) is 0 Å². The van der Waals surface area contributed by atoms with Crippen molar-refractivity contribution in [1.29, 1.82) is 0 Å². The monoisotopic (exact) mass is 298 g/mol. The van der Waals surface area contributed by atoms with Crippen molar-refractivity contribution in [2.75, 3.05) is 20.2 Å². The Bertz CT molecular complexity index is 107.